The lowest BCUT2D eigenvalue weighted by atomic mass is 10.00. The number of ether oxygens (including phenoxy) is 2. The van der Waals surface area contributed by atoms with Gasteiger partial charge in [-0.3, -0.25) is 0 Å². The third-order valence-corrected chi connectivity index (χ3v) is 3.73. The van der Waals surface area contributed by atoms with E-state index in [1.807, 2.05) is 0 Å². The molecule has 1 aromatic rings. The van der Waals surface area contributed by atoms with Crippen LogP contribution in [0.2, 0.25) is 0 Å². The van der Waals surface area contributed by atoms with Crippen LogP contribution in [0.25, 0.3) is 0 Å². The van der Waals surface area contributed by atoms with E-state index in [0.29, 0.717) is 6.04 Å². The normalized spacial score (nSPS) is 17.6. The molecule has 0 saturated carbocycles. The summed E-state index contributed by atoms with van der Waals surface area (Å²) in [6.45, 7) is 8.15. The highest BCUT2D eigenvalue weighted by molar-refractivity contribution is 5.41. The van der Waals surface area contributed by atoms with Gasteiger partial charge in [-0.1, -0.05) is 25.5 Å². The fraction of sp³-hybridized carbons (Fsp3) is 0.647. The van der Waals surface area contributed by atoms with Crippen molar-refractivity contribution in [2.45, 2.75) is 58.2 Å². The molecule has 0 radical (unpaired) electrons. The molecule has 112 valence electrons. The van der Waals surface area contributed by atoms with Crippen molar-refractivity contribution >= 4 is 0 Å². The van der Waals surface area contributed by atoms with Crippen molar-refractivity contribution in [3.05, 3.63) is 29.3 Å². The van der Waals surface area contributed by atoms with Crippen LogP contribution in [-0.2, 0) is 17.7 Å². The minimum Gasteiger partial charge on any atom is -0.487 e. The van der Waals surface area contributed by atoms with Crippen molar-refractivity contribution in [3.63, 3.8) is 0 Å². The molecular formula is C17H27NO2. The molecule has 1 aliphatic heterocycles. The molecule has 0 amide bonds. The van der Waals surface area contributed by atoms with Crippen LogP contribution in [-0.4, -0.2) is 25.4 Å². The molecular weight excluding hydrogens is 250 g/mol. The predicted octanol–water partition coefficient (Wildman–Crippen LogP) is 3.30. The highest BCUT2D eigenvalue weighted by Crippen LogP contribution is 2.35. The van der Waals surface area contributed by atoms with Crippen molar-refractivity contribution in [1.29, 1.82) is 0 Å². The van der Waals surface area contributed by atoms with Gasteiger partial charge in [0.25, 0.3) is 0 Å². The average molecular weight is 277 g/mol. The van der Waals surface area contributed by atoms with Gasteiger partial charge in [-0.2, -0.15) is 0 Å². The van der Waals surface area contributed by atoms with Crippen LogP contribution >= 0.6 is 0 Å². The minimum absolute atomic E-state index is 0.0603. The van der Waals surface area contributed by atoms with Gasteiger partial charge in [0.1, 0.15) is 11.4 Å². The van der Waals surface area contributed by atoms with Gasteiger partial charge >= 0.3 is 0 Å². The van der Waals surface area contributed by atoms with Gasteiger partial charge < -0.3 is 14.8 Å². The molecule has 3 nitrogen and oxygen atoms in total. The Morgan fingerprint density at radius 2 is 2.20 bits per heavy atom. The fourth-order valence-corrected chi connectivity index (χ4v) is 2.83. The van der Waals surface area contributed by atoms with Gasteiger partial charge in [0.15, 0.2) is 0 Å². The zero-order chi connectivity index (χ0) is 14.6. The van der Waals surface area contributed by atoms with E-state index in [1.54, 1.807) is 7.11 Å². The van der Waals surface area contributed by atoms with Gasteiger partial charge in [0.2, 0.25) is 0 Å². The van der Waals surface area contributed by atoms with Crippen LogP contribution < -0.4 is 10.1 Å². The first-order valence-corrected chi connectivity index (χ1v) is 7.57. The van der Waals surface area contributed by atoms with Gasteiger partial charge in [-0.05, 0) is 37.5 Å². The number of nitrogens with one attached hydrogen (secondary N) is 1. The zero-order valence-electron chi connectivity index (χ0n) is 13.2. The van der Waals surface area contributed by atoms with Crippen molar-refractivity contribution in [2.75, 3.05) is 13.7 Å². The summed E-state index contributed by atoms with van der Waals surface area (Å²) in [5.41, 5.74) is 2.59. The lowest BCUT2D eigenvalue weighted by molar-refractivity contribution is 0.138. The molecule has 1 aliphatic rings. The molecule has 2 rings (SSSR count). The lowest BCUT2D eigenvalue weighted by Gasteiger charge is -2.17. The molecule has 1 unspecified atom stereocenters. The number of hydrogen-bond donors (Lipinski definition) is 1. The minimum atomic E-state index is -0.0603. The van der Waals surface area contributed by atoms with E-state index in [0.717, 1.165) is 31.7 Å². The number of rotatable bonds is 7. The van der Waals surface area contributed by atoms with E-state index in [2.05, 4.69) is 44.3 Å². The van der Waals surface area contributed by atoms with E-state index in [4.69, 9.17) is 9.47 Å². The first-order valence-electron chi connectivity index (χ1n) is 7.57. The van der Waals surface area contributed by atoms with Crippen LogP contribution in [0, 0.1) is 0 Å². The Hall–Kier alpha value is -1.06. The second-order valence-electron chi connectivity index (χ2n) is 6.30. The lowest BCUT2D eigenvalue weighted by Crippen LogP contribution is -2.32. The average Bonchev–Trinajstić information content (AvgIpc) is 2.69. The molecule has 0 saturated heterocycles. The highest BCUT2D eigenvalue weighted by Gasteiger charge is 2.29. The predicted molar refractivity (Wildman–Crippen MR) is 82.3 cm³/mol. The standard InChI is InChI=1S/C17H27NO2/c1-5-6-15(12-19-4)18-11-13-7-8-16-14(9-13)10-17(2,3)20-16/h7-9,15,18H,5-6,10-12H2,1-4H3. The Morgan fingerprint density at radius 3 is 2.90 bits per heavy atom. The molecule has 0 aromatic heterocycles. The SMILES string of the molecule is CCCC(COC)NCc1ccc2c(c1)CC(C)(C)O2. The van der Waals surface area contributed by atoms with Crippen molar-refractivity contribution in [2.24, 2.45) is 0 Å². The summed E-state index contributed by atoms with van der Waals surface area (Å²) in [4.78, 5) is 0. The first-order chi connectivity index (χ1) is 9.54. The van der Waals surface area contributed by atoms with Crippen LogP contribution in [0.4, 0.5) is 0 Å². The summed E-state index contributed by atoms with van der Waals surface area (Å²) in [5.74, 6) is 1.04. The maximum Gasteiger partial charge on any atom is 0.123 e. The largest absolute Gasteiger partial charge is 0.487 e. The monoisotopic (exact) mass is 277 g/mol. The fourth-order valence-electron chi connectivity index (χ4n) is 2.83. The number of benzene rings is 1. The van der Waals surface area contributed by atoms with Crippen molar-refractivity contribution in [3.8, 4) is 5.75 Å². The summed E-state index contributed by atoms with van der Waals surface area (Å²) in [5, 5.41) is 3.58. The molecule has 1 heterocycles. The molecule has 0 aliphatic carbocycles. The summed E-state index contributed by atoms with van der Waals surface area (Å²) in [7, 11) is 1.76. The Balaban J connectivity index is 1.94. The zero-order valence-corrected chi connectivity index (χ0v) is 13.2. The highest BCUT2D eigenvalue weighted by atomic mass is 16.5. The molecule has 3 heteroatoms. The quantitative estimate of drug-likeness (QED) is 0.829. The number of fused-ring (bicyclic) bond motifs is 1. The van der Waals surface area contributed by atoms with Crippen LogP contribution in [0.3, 0.4) is 0 Å². The second-order valence-corrected chi connectivity index (χ2v) is 6.30. The molecule has 0 bridgehead atoms. The van der Waals surface area contributed by atoms with Crippen LogP contribution in [0.1, 0.15) is 44.7 Å². The van der Waals surface area contributed by atoms with Gasteiger partial charge in [-0.15, -0.1) is 0 Å². The van der Waals surface area contributed by atoms with E-state index >= 15 is 0 Å². The third-order valence-electron chi connectivity index (χ3n) is 3.73. The summed E-state index contributed by atoms with van der Waals surface area (Å²) >= 11 is 0. The topological polar surface area (TPSA) is 30.5 Å². The maximum atomic E-state index is 5.91. The number of methoxy groups -OCH3 is 1. The van der Waals surface area contributed by atoms with E-state index < -0.39 is 0 Å². The molecule has 1 aromatic carbocycles. The van der Waals surface area contributed by atoms with Gasteiger partial charge in [-0.25, -0.2) is 0 Å². The summed E-state index contributed by atoms with van der Waals surface area (Å²) in [6, 6.07) is 6.97. The second kappa shape index (κ2) is 6.59. The van der Waals surface area contributed by atoms with Crippen LogP contribution in [0.15, 0.2) is 18.2 Å². The van der Waals surface area contributed by atoms with Crippen LogP contribution in [0.5, 0.6) is 5.75 Å². The van der Waals surface area contributed by atoms with Gasteiger partial charge in [0.05, 0.1) is 6.61 Å². The van der Waals surface area contributed by atoms with Crippen molar-refractivity contribution in [1.82, 2.24) is 5.32 Å². The summed E-state index contributed by atoms with van der Waals surface area (Å²) < 4.78 is 11.2. The van der Waals surface area contributed by atoms with Crippen molar-refractivity contribution < 1.29 is 9.47 Å². The third kappa shape index (κ3) is 3.97. The molecule has 1 atom stereocenters. The smallest absolute Gasteiger partial charge is 0.123 e. The number of hydrogen-bond acceptors (Lipinski definition) is 3. The first kappa shape index (κ1) is 15.3. The molecule has 20 heavy (non-hydrogen) atoms. The molecule has 0 spiro atoms. The maximum absolute atomic E-state index is 5.91. The molecule has 1 N–H and O–H groups in total. The van der Waals surface area contributed by atoms with E-state index in [9.17, 15) is 0 Å². The van der Waals surface area contributed by atoms with Gasteiger partial charge in [0, 0.05) is 26.1 Å². The van der Waals surface area contributed by atoms with E-state index in [1.165, 1.54) is 17.5 Å². The van der Waals surface area contributed by atoms with E-state index in [-0.39, 0.29) is 5.60 Å². The Bertz CT molecular complexity index is 437. The Kier molecular flexibility index (Phi) is 5.06. The molecule has 0 fully saturated rings. The summed E-state index contributed by atoms with van der Waals surface area (Å²) in [6.07, 6.45) is 3.31. The Labute approximate surface area is 122 Å². The Morgan fingerprint density at radius 1 is 1.40 bits per heavy atom.